The van der Waals surface area contributed by atoms with Gasteiger partial charge in [0.05, 0.1) is 10.2 Å². The number of hydrogen-bond donors (Lipinski definition) is 1. The van der Waals surface area contributed by atoms with E-state index in [0.717, 1.165) is 40.4 Å². The van der Waals surface area contributed by atoms with E-state index in [0.29, 0.717) is 34.8 Å². The second kappa shape index (κ2) is 10.5. The van der Waals surface area contributed by atoms with Crippen LogP contribution in [0.4, 0.5) is 10.5 Å². The van der Waals surface area contributed by atoms with Crippen molar-refractivity contribution in [2.24, 2.45) is 0 Å². The standard InChI is InChI=1S/C27H27BrClN3O4/c1-5-8-22-31-25(29)20(15-33)32(22)14-16-11-12-21-18(13-16)23(28)24(35-21)17-9-6-7-10-19(17)30-26(34)36-27(2,3)4/h6-7,9-13,15H,5,8,14H2,1-4H3,(H,30,34). The van der Waals surface area contributed by atoms with Gasteiger partial charge in [0.25, 0.3) is 0 Å². The predicted molar refractivity (Wildman–Crippen MR) is 145 cm³/mol. The Labute approximate surface area is 222 Å². The number of aldehydes is 1. The minimum absolute atomic E-state index is 0.218. The number of para-hydroxylation sites is 1. The molecule has 9 heteroatoms. The molecule has 0 aliphatic heterocycles. The number of anilines is 1. The predicted octanol–water partition coefficient (Wildman–Crippen LogP) is 7.87. The second-order valence-corrected chi connectivity index (χ2v) is 10.6. The number of nitrogens with one attached hydrogen (secondary N) is 1. The van der Waals surface area contributed by atoms with E-state index < -0.39 is 11.7 Å². The molecular weight excluding hydrogens is 546 g/mol. The van der Waals surface area contributed by atoms with Crippen LogP contribution in [0.1, 0.15) is 56.0 Å². The summed E-state index contributed by atoms with van der Waals surface area (Å²) in [6.07, 6.45) is 1.81. The van der Waals surface area contributed by atoms with Gasteiger partial charge in [0.1, 0.15) is 22.7 Å². The third kappa shape index (κ3) is 5.50. The van der Waals surface area contributed by atoms with E-state index in [4.69, 9.17) is 20.8 Å². The van der Waals surface area contributed by atoms with Gasteiger partial charge in [0.15, 0.2) is 17.2 Å². The Balaban J connectivity index is 1.70. The number of fused-ring (bicyclic) bond motifs is 1. The number of furan rings is 1. The van der Waals surface area contributed by atoms with Crippen molar-refractivity contribution in [3.8, 4) is 11.3 Å². The summed E-state index contributed by atoms with van der Waals surface area (Å²) in [5.74, 6) is 1.36. The number of nitrogens with zero attached hydrogens (tertiary/aromatic N) is 2. The Morgan fingerprint density at radius 2 is 2.00 bits per heavy atom. The van der Waals surface area contributed by atoms with Crippen LogP contribution in [0.2, 0.25) is 5.15 Å². The van der Waals surface area contributed by atoms with Crippen LogP contribution in [-0.4, -0.2) is 27.5 Å². The first-order chi connectivity index (χ1) is 17.1. The number of carbonyl (C=O) groups excluding carboxylic acids is 2. The zero-order valence-corrected chi connectivity index (χ0v) is 22.9. The number of imidazole rings is 1. The van der Waals surface area contributed by atoms with Crippen molar-refractivity contribution in [1.82, 2.24) is 9.55 Å². The molecule has 2 aromatic heterocycles. The summed E-state index contributed by atoms with van der Waals surface area (Å²) in [6.45, 7) is 7.94. The van der Waals surface area contributed by atoms with E-state index in [-0.39, 0.29) is 5.15 Å². The number of amides is 1. The van der Waals surface area contributed by atoms with Gasteiger partial charge in [0.2, 0.25) is 0 Å². The van der Waals surface area contributed by atoms with Crippen molar-refractivity contribution in [2.75, 3.05) is 5.32 Å². The SMILES string of the molecule is CCCc1nc(Cl)c(C=O)n1Cc1ccc2oc(-c3ccccc3NC(=O)OC(C)(C)C)c(Br)c2c1. The van der Waals surface area contributed by atoms with Gasteiger partial charge in [-0.1, -0.05) is 36.7 Å². The third-order valence-corrected chi connectivity index (χ3v) is 6.53. The molecule has 0 fully saturated rings. The number of aryl methyl sites for hydroxylation is 1. The van der Waals surface area contributed by atoms with Crippen LogP contribution in [-0.2, 0) is 17.7 Å². The van der Waals surface area contributed by atoms with Gasteiger partial charge in [-0.3, -0.25) is 10.1 Å². The molecule has 2 heterocycles. The highest BCUT2D eigenvalue weighted by Gasteiger charge is 2.21. The minimum Gasteiger partial charge on any atom is -0.455 e. The van der Waals surface area contributed by atoms with E-state index in [2.05, 4.69) is 33.2 Å². The molecule has 0 aliphatic rings. The van der Waals surface area contributed by atoms with E-state index in [9.17, 15) is 9.59 Å². The summed E-state index contributed by atoms with van der Waals surface area (Å²) in [5.41, 5.74) is 2.68. The number of hydrogen-bond acceptors (Lipinski definition) is 5. The third-order valence-electron chi connectivity index (χ3n) is 5.47. The van der Waals surface area contributed by atoms with E-state index >= 15 is 0 Å². The van der Waals surface area contributed by atoms with Gasteiger partial charge in [-0.05, 0) is 73.0 Å². The van der Waals surface area contributed by atoms with Crippen LogP contribution in [0.15, 0.2) is 51.4 Å². The Morgan fingerprint density at radius 3 is 2.69 bits per heavy atom. The first-order valence-electron chi connectivity index (χ1n) is 11.6. The maximum atomic E-state index is 12.4. The summed E-state index contributed by atoms with van der Waals surface area (Å²) in [5, 5.41) is 3.90. The van der Waals surface area contributed by atoms with Gasteiger partial charge in [-0.2, -0.15) is 0 Å². The number of aromatic nitrogens is 2. The quantitative estimate of drug-likeness (QED) is 0.228. The van der Waals surface area contributed by atoms with Gasteiger partial charge >= 0.3 is 6.09 Å². The zero-order chi connectivity index (χ0) is 26.0. The second-order valence-electron chi connectivity index (χ2n) is 9.41. The van der Waals surface area contributed by atoms with Gasteiger partial charge < -0.3 is 13.7 Å². The van der Waals surface area contributed by atoms with Crippen LogP contribution in [0.3, 0.4) is 0 Å². The Bertz CT molecular complexity index is 1440. The average Bonchev–Trinajstić information content (AvgIpc) is 3.29. The molecule has 36 heavy (non-hydrogen) atoms. The highest BCUT2D eigenvalue weighted by Crippen LogP contribution is 2.41. The molecule has 1 amide bonds. The maximum absolute atomic E-state index is 12.4. The van der Waals surface area contributed by atoms with E-state index in [1.54, 1.807) is 6.07 Å². The molecule has 2 aromatic carbocycles. The molecule has 0 atom stereocenters. The van der Waals surface area contributed by atoms with Gasteiger partial charge in [0, 0.05) is 23.9 Å². The minimum atomic E-state index is -0.616. The van der Waals surface area contributed by atoms with Crippen molar-refractivity contribution in [3.63, 3.8) is 0 Å². The van der Waals surface area contributed by atoms with Crippen LogP contribution >= 0.6 is 27.5 Å². The van der Waals surface area contributed by atoms with Crippen LogP contribution in [0, 0.1) is 0 Å². The normalized spacial score (nSPS) is 11.6. The zero-order valence-electron chi connectivity index (χ0n) is 20.5. The van der Waals surface area contributed by atoms with Crippen molar-refractivity contribution in [2.45, 2.75) is 52.7 Å². The fourth-order valence-corrected chi connectivity index (χ4v) is 4.81. The molecular formula is C27H27BrClN3O4. The first-order valence-corrected chi connectivity index (χ1v) is 12.8. The lowest BCUT2D eigenvalue weighted by molar-refractivity contribution is 0.0636. The lowest BCUT2D eigenvalue weighted by Crippen LogP contribution is -2.27. The molecule has 0 saturated carbocycles. The molecule has 4 aromatic rings. The fraction of sp³-hybridized carbons (Fsp3) is 0.296. The largest absolute Gasteiger partial charge is 0.455 e. The van der Waals surface area contributed by atoms with Crippen LogP contribution < -0.4 is 5.32 Å². The maximum Gasteiger partial charge on any atom is 0.412 e. The smallest absolute Gasteiger partial charge is 0.412 e. The fourth-order valence-electron chi connectivity index (χ4n) is 3.96. The molecule has 0 aliphatic carbocycles. The number of ether oxygens (including phenoxy) is 1. The summed E-state index contributed by atoms with van der Waals surface area (Å²) in [6, 6.07) is 13.2. The summed E-state index contributed by atoms with van der Waals surface area (Å²) < 4.78 is 14.2. The number of rotatable bonds is 7. The van der Waals surface area contributed by atoms with Gasteiger partial charge in [-0.15, -0.1) is 0 Å². The Morgan fingerprint density at radius 1 is 1.25 bits per heavy atom. The number of benzene rings is 2. The monoisotopic (exact) mass is 571 g/mol. The molecule has 0 radical (unpaired) electrons. The number of carbonyl (C=O) groups is 2. The Kier molecular flexibility index (Phi) is 7.57. The summed E-state index contributed by atoms with van der Waals surface area (Å²) >= 11 is 9.90. The lowest BCUT2D eigenvalue weighted by Gasteiger charge is -2.20. The molecule has 0 saturated heterocycles. The molecule has 1 N–H and O–H groups in total. The number of halogens is 2. The van der Waals surface area contributed by atoms with E-state index in [1.807, 2.05) is 61.7 Å². The molecule has 0 unspecified atom stereocenters. The molecule has 0 bridgehead atoms. The molecule has 7 nitrogen and oxygen atoms in total. The van der Waals surface area contributed by atoms with Crippen molar-refractivity contribution in [1.29, 1.82) is 0 Å². The summed E-state index contributed by atoms with van der Waals surface area (Å²) in [4.78, 5) is 28.4. The van der Waals surface area contributed by atoms with Crippen molar-refractivity contribution in [3.05, 3.63) is 69.2 Å². The molecule has 188 valence electrons. The van der Waals surface area contributed by atoms with Crippen LogP contribution in [0.25, 0.3) is 22.3 Å². The average molecular weight is 573 g/mol. The topological polar surface area (TPSA) is 86.4 Å². The molecule has 0 spiro atoms. The van der Waals surface area contributed by atoms with Crippen LogP contribution in [0.5, 0.6) is 0 Å². The van der Waals surface area contributed by atoms with Crippen molar-refractivity contribution >= 4 is 56.6 Å². The lowest BCUT2D eigenvalue weighted by atomic mass is 10.1. The van der Waals surface area contributed by atoms with Crippen molar-refractivity contribution < 1.29 is 18.7 Å². The van der Waals surface area contributed by atoms with E-state index in [1.165, 1.54) is 0 Å². The highest BCUT2D eigenvalue weighted by atomic mass is 79.9. The van der Waals surface area contributed by atoms with Gasteiger partial charge in [-0.25, -0.2) is 9.78 Å². The summed E-state index contributed by atoms with van der Waals surface area (Å²) in [7, 11) is 0. The Hall–Kier alpha value is -3.10. The molecule has 4 rings (SSSR count). The highest BCUT2D eigenvalue weighted by molar-refractivity contribution is 9.10. The first kappa shape index (κ1) is 26.0.